The molecule has 0 bridgehead atoms. The normalized spacial score (nSPS) is 23.2. The molecular formula is C16H29NO6. The number of hydrogen-bond acceptors (Lipinski definition) is 5. The molecule has 1 heterocycles. The number of carboxylic acids is 1. The molecule has 0 aliphatic carbocycles. The van der Waals surface area contributed by atoms with E-state index < -0.39 is 29.2 Å². The second-order valence-corrected chi connectivity index (χ2v) is 7.48. The van der Waals surface area contributed by atoms with E-state index in [1.807, 2.05) is 13.8 Å². The van der Waals surface area contributed by atoms with Crippen LogP contribution in [0.4, 0.5) is 4.79 Å². The van der Waals surface area contributed by atoms with E-state index in [2.05, 4.69) is 0 Å². The minimum Gasteiger partial charge on any atom is -0.481 e. The molecule has 1 fully saturated rings. The quantitative estimate of drug-likeness (QED) is 0.771. The van der Waals surface area contributed by atoms with E-state index >= 15 is 0 Å². The van der Waals surface area contributed by atoms with Gasteiger partial charge in [-0.15, -0.1) is 0 Å². The van der Waals surface area contributed by atoms with E-state index in [-0.39, 0.29) is 25.7 Å². The number of ether oxygens (including phenoxy) is 2. The summed E-state index contributed by atoms with van der Waals surface area (Å²) in [5, 5.41) is 19.7. The highest BCUT2D eigenvalue weighted by Crippen LogP contribution is 2.36. The van der Waals surface area contributed by atoms with E-state index in [9.17, 15) is 19.8 Å². The van der Waals surface area contributed by atoms with Crippen molar-refractivity contribution < 1.29 is 29.3 Å². The summed E-state index contributed by atoms with van der Waals surface area (Å²) in [6, 6.07) is 0. The summed E-state index contributed by atoms with van der Waals surface area (Å²) in [7, 11) is 0. The number of hydrogen-bond donors (Lipinski definition) is 2. The lowest BCUT2D eigenvalue weighted by atomic mass is 9.81. The molecule has 0 spiro atoms. The Morgan fingerprint density at radius 2 is 1.91 bits per heavy atom. The van der Waals surface area contributed by atoms with Crippen molar-refractivity contribution in [2.45, 2.75) is 65.3 Å². The van der Waals surface area contributed by atoms with Crippen LogP contribution in [0.15, 0.2) is 0 Å². The van der Waals surface area contributed by atoms with Crippen molar-refractivity contribution in [2.75, 3.05) is 19.7 Å². The lowest BCUT2D eigenvalue weighted by Crippen LogP contribution is -2.41. The molecular weight excluding hydrogens is 302 g/mol. The third kappa shape index (κ3) is 5.99. The molecule has 0 saturated carbocycles. The maximum absolute atomic E-state index is 12.1. The average Bonchev–Trinajstić information content (AvgIpc) is 2.80. The lowest BCUT2D eigenvalue weighted by Gasteiger charge is -2.28. The Labute approximate surface area is 137 Å². The summed E-state index contributed by atoms with van der Waals surface area (Å²) in [6.45, 7) is 9.41. The van der Waals surface area contributed by atoms with Gasteiger partial charge in [0.05, 0.1) is 24.2 Å². The molecule has 0 aromatic carbocycles. The minimum atomic E-state index is -1.16. The van der Waals surface area contributed by atoms with Crippen molar-refractivity contribution in [2.24, 2.45) is 5.41 Å². The van der Waals surface area contributed by atoms with Gasteiger partial charge in [-0.2, -0.15) is 0 Å². The number of carbonyl (C=O) groups excluding carboxylic acids is 1. The molecule has 23 heavy (non-hydrogen) atoms. The van der Waals surface area contributed by atoms with Crippen LogP contribution in [-0.4, -0.2) is 64.7 Å². The highest BCUT2D eigenvalue weighted by molar-refractivity contribution is 5.78. The monoisotopic (exact) mass is 331 g/mol. The van der Waals surface area contributed by atoms with Crippen LogP contribution in [0.1, 0.15) is 47.5 Å². The number of rotatable bonds is 6. The van der Waals surface area contributed by atoms with Crippen LogP contribution < -0.4 is 0 Å². The first kappa shape index (κ1) is 19.7. The van der Waals surface area contributed by atoms with Crippen molar-refractivity contribution in [1.82, 2.24) is 4.90 Å². The van der Waals surface area contributed by atoms with Gasteiger partial charge in [0.1, 0.15) is 5.60 Å². The first-order chi connectivity index (χ1) is 10.4. The molecule has 0 aromatic heterocycles. The molecule has 0 radical (unpaired) electrons. The van der Waals surface area contributed by atoms with E-state index in [4.69, 9.17) is 9.47 Å². The molecule has 1 amide bonds. The predicted octanol–water partition coefficient (Wildman–Crippen LogP) is 1.87. The number of aliphatic hydroxyl groups is 1. The van der Waals surface area contributed by atoms with Crippen LogP contribution in [0.5, 0.6) is 0 Å². The number of likely N-dealkylation sites (tertiary alicyclic amines) is 1. The van der Waals surface area contributed by atoms with Crippen LogP contribution in [0.25, 0.3) is 0 Å². The van der Waals surface area contributed by atoms with Gasteiger partial charge in [0.2, 0.25) is 0 Å². The van der Waals surface area contributed by atoms with E-state index in [1.54, 1.807) is 20.8 Å². The fraction of sp³-hybridized carbons (Fsp3) is 0.875. The third-order valence-corrected chi connectivity index (χ3v) is 3.71. The standard InChI is InChI=1S/C16H29NO6/c1-11(2)22-9-12(18)8-16(13(19)20)6-7-17(10-16)14(21)23-15(3,4)5/h11-12,18H,6-10H2,1-5H3,(H,19,20). The maximum Gasteiger partial charge on any atom is 0.410 e. The van der Waals surface area contributed by atoms with Crippen LogP contribution in [-0.2, 0) is 14.3 Å². The molecule has 1 aliphatic heterocycles. The molecule has 7 nitrogen and oxygen atoms in total. The molecule has 2 atom stereocenters. The van der Waals surface area contributed by atoms with Crippen molar-refractivity contribution >= 4 is 12.1 Å². The first-order valence-corrected chi connectivity index (χ1v) is 7.96. The van der Waals surface area contributed by atoms with Crippen molar-refractivity contribution in [3.63, 3.8) is 0 Å². The first-order valence-electron chi connectivity index (χ1n) is 7.96. The summed E-state index contributed by atoms with van der Waals surface area (Å²) in [5.41, 5.74) is -1.78. The second kappa shape index (κ2) is 7.49. The van der Waals surface area contributed by atoms with Gasteiger partial charge >= 0.3 is 12.1 Å². The molecule has 7 heteroatoms. The van der Waals surface area contributed by atoms with E-state index in [0.29, 0.717) is 13.0 Å². The van der Waals surface area contributed by atoms with Crippen LogP contribution in [0, 0.1) is 5.41 Å². The highest BCUT2D eigenvalue weighted by atomic mass is 16.6. The topological polar surface area (TPSA) is 96.3 Å². The zero-order valence-corrected chi connectivity index (χ0v) is 14.7. The number of aliphatic carboxylic acids is 1. The number of carbonyl (C=O) groups is 2. The van der Waals surface area contributed by atoms with E-state index in [0.717, 1.165) is 0 Å². The van der Waals surface area contributed by atoms with Crippen molar-refractivity contribution in [3.05, 3.63) is 0 Å². The van der Waals surface area contributed by atoms with Crippen LogP contribution in [0.2, 0.25) is 0 Å². The number of carboxylic acid groups (broad SMARTS) is 1. The Morgan fingerprint density at radius 1 is 1.30 bits per heavy atom. The average molecular weight is 331 g/mol. The Kier molecular flexibility index (Phi) is 6.41. The van der Waals surface area contributed by atoms with Crippen molar-refractivity contribution in [3.8, 4) is 0 Å². The van der Waals surface area contributed by atoms with Gasteiger partial charge in [-0.05, 0) is 47.5 Å². The van der Waals surface area contributed by atoms with Gasteiger partial charge in [0.25, 0.3) is 0 Å². The highest BCUT2D eigenvalue weighted by Gasteiger charge is 2.48. The molecule has 1 rings (SSSR count). The molecule has 2 N–H and O–H groups in total. The van der Waals surface area contributed by atoms with Crippen LogP contribution >= 0.6 is 0 Å². The maximum atomic E-state index is 12.1. The van der Waals surface area contributed by atoms with Gasteiger partial charge in [-0.1, -0.05) is 0 Å². The number of nitrogens with zero attached hydrogens (tertiary/aromatic N) is 1. The van der Waals surface area contributed by atoms with Gasteiger partial charge in [0, 0.05) is 13.1 Å². The van der Waals surface area contributed by atoms with Crippen LogP contribution in [0.3, 0.4) is 0 Å². The Morgan fingerprint density at radius 3 is 2.39 bits per heavy atom. The van der Waals surface area contributed by atoms with Crippen molar-refractivity contribution in [1.29, 1.82) is 0 Å². The van der Waals surface area contributed by atoms with Gasteiger partial charge in [-0.25, -0.2) is 4.79 Å². The van der Waals surface area contributed by atoms with Gasteiger partial charge < -0.3 is 24.6 Å². The number of aliphatic hydroxyl groups excluding tert-OH is 1. The summed E-state index contributed by atoms with van der Waals surface area (Å²) in [4.78, 5) is 25.2. The zero-order valence-electron chi connectivity index (χ0n) is 14.7. The third-order valence-electron chi connectivity index (χ3n) is 3.71. The molecule has 134 valence electrons. The fourth-order valence-corrected chi connectivity index (χ4v) is 2.60. The SMILES string of the molecule is CC(C)OCC(O)CC1(C(=O)O)CCN(C(=O)OC(C)(C)C)C1. The molecule has 2 unspecified atom stereocenters. The smallest absolute Gasteiger partial charge is 0.410 e. The fourth-order valence-electron chi connectivity index (χ4n) is 2.60. The zero-order chi connectivity index (χ0) is 17.8. The molecule has 1 aliphatic rings. The predicted molar refractivity (Wildman–Crippen MR) is 84.2 cm³/mol. The lowest BCUT2D eigenvalue weighted by molar-refractivity contribution is -0.150. The van der Waals surface area contributed by atoms with Gasteiger partial charge in [-0.3, -0.25) is 4.79 Å². The van der Waals surface area contributed by atoms with Gasteiger partial charge in [0.15, 0.2) is 0 Å². The molecule has 0 aromatic rings. The summed E-state index contributed by atoms with van der Waals surface area (Å²) < 4.78 is 10.6. The Bertz CT molecular complexity index is 431. The largest absolute Gasteiger partial charge is 0.481 e. The number of amides is 1. The second-order valence-electron chi connectivity index (χ2n) is 7.48. The summed E-state index contributed by atoms with van der Waals surface area (Å²) in [6.07, 6.45) is -1.10. The summed E-state index contributed by atoms with van der Waals surface area (Å²) in [5.74, 6) is -1.01. The summed E-state index contributed by atoms with van der Waals surface area (Å²) >= 11 is 0. The Balaban J connectivity index is 2.69. The Hall–Kier alpha value is -1.34. The minimum absolute atomic E-state index is 0.0349. The molecule has 1 saturated heterocycles. The van der Waals surface area contributed by atoms with E-state index in [1.165, 1.54) is 4.90 Å².